The molecule has 2 rings (SSSR count). The Labute approximate surface area is 106 Å². The molecule has 0 aromatic heterocycles. The van der Waals surface area contributed by atoms with E-state index < -0.39 is 0 Å². The Morgan fingerprint density at radius 3 is 2.29 bits per heavy atom. The first kappa shape index (κ1) is 12.0. The van der Waals surface area contributed by atoms with Crippen molar-refractivity contribution in [1.82, 2.24) is 0 Å². The lowest BCUT2D eigenvalue weighted by atomic mass is 10.2. The standard InChI is InChI=1S/C14H14ClNO/c15-13-7-3-1-6-12(13)10-17-14-8-4-2-5-11(14)9-16/h1-8H,9-10,16H2. The van der Waals surface area contributed by atoms with Crippen molar-refractivity contribution in [2.24, 2.45) is 5.73 Å². The molecule has 0 heterocycles. The van der Waals surface area contributed by atoms with Crippen LogP contribution in [0.2, 0.25) is 5.02 Å². The minimum Gasteiger partial charge on any atom is -0.489 e. The van der Waals surface area contributed by atoms with Gasteiger partial charge in [-0.2, -0.15) is 0 Å². The second kappa shape index (κ2) is 5.71. The van der Waals surface area contributed by atoms with E-state index in [0.29, 0.717) is 13.2 Å². The van der Waals surface area contributed by atoms with Gasteiger partial charge in [-0.25, -0.2) is 0 Å². The SMILES string of the molecule is NCc1ccccc1OCc1ccccc1Cl. The number of rotatable bonds is 4. The molecule has 0 amide bonds. The molecule has 0 bridgehead atoms. The molecule has 2 nitrogen and oxygen atoms in total. The van der Waals surface area contributed by atoms with Gasteiger partial charge in [0.1, 0.15) is 12.4 Å². The van der Waals surface area contributed by atoms with Gasteiger partial charge in [0.25, 0.3) is 0 Å². The third kappa shape index (κ3) is 2.99. The Morgan fingerprint density at radius 1 is 0.941 bits per heavy atom. The highest BCUT2D eigenvalue weighted by Gasteiger charge is 2.03. The number of hydrogen-bond acceptors (Lipinski definition) is 2. The predicted molar refractivity (Wildman–Crippen MR) is 70.1 cm³/mol. The average Bonchev–Trinajstić information content (AvgIpc) is 2.38. The average molecular weight is 248 g/mol. The number of ether oxygens (including phenoxy) is 1. The van der Waals surface area contributed by atoms with Crippen LogP contribution in [-0.4, -0.2) is 0 Å². The summed E-state index contributed by atoms with van der Waals surface area (Å²) in [6.07, 6.45) is 0. The van der Waals surface area contributed by atoms with Crippen LogP contribution in [0.15, 0.2) is 48.5 Å². The zero-order valence-electron chi connectivity index (χ0n) is 9.40. The van der Waals surface area contributed by atoms with E-state index in [1.54, 1.807) is 0 Å². The molecule has 0 aliphatic carbocycles. The quantitative estimate of drug-likeness (QED) is 0.899. The summed E-state index contributed by atoms with van der Waals surface area (Å²) >= 11 is 6.06. The third-order valence-electron chi connectivity index (χ3n) is 2.53. The molecule has 88 valence electrons. The first-order chi connectivity index (χ1) is 8.31. The molecule has 17 heavy (non-hydrogen) atoms. The van der Waals surface area contributed by atoms with Crippen LogP contribution in [0.4, 0.5) is 0 Å². The van der Waals surface area contributed by atoms with E-state index in [9.17, 15) is 0 Å². The molecule has 0 fully saturated rings. The summed E-state index contributed by atoms with van der Waals surface area (Å²) in [6, 6.07) is 15.4. The van der Waals surface area contributed by atoms with Gasteiger partial charge in [-0.05, 0) is 12.1 Å². The zero-order chi connectivity index (χ0) is 12.1. The third-order valence-corrected chi connectivity index (χ3v) is 2.90. The molecule has 0 saturated carbocycles. The topological polar surface area (TPSA) is 35.2 Å². The fraction of sp³-hybridized carbons (Fsp3) is 0.143. The van der Waals surface area contributed by atoms with Gasteiger partial charge in [0, 0.05) is 22.7 Å². The number of nitrogens with two attached hydrogens (primary N) is 1. The van der Waals surface area contributed by atoms with Crippen molar-refractivity contribution >= 4 is 11.6 Å². The molecular weight excluding hydrogens is 234 g/mol. The van der Waals surface area contributed by atoms with Crippen molar-refractivity contribution in [3.63, 3.8) is 0 Å². The second-order valence-electron chi connectivity index (χ2n) is 3.69. The van der Waals surface area contributed by atoms with Crippen LogP contribution in [-0.2, 0) is 13.2 Å². The zero-order valence-corrected chi connectivity index (χ0v) is 10.2. The highest BCUT2D eigenvalue weighted by Crippen LogP contribution is 2.21. The van der Waals surface area contributed by atoms with Crippen LogP contribution < -0.4 is 10.5 Å². The van der Waals surface area contributed by atoms with Gasteiger partial charge in [-0.15, -0.1) is 0 Å². The van der Waals surface area contributed by atoms with Gasteiger partial charge in [0.05, 0.1) is 0 Å². The smallest absolute Gasteiger partial charge is 0.124 e. The normalized spacial score (nSPS) is 10.2. The highest BCUT2D eigenvalue weighted by molar-refractivity contribution is 6.31. The van der Waals surface area contributed by atoms with Crippen molar-refractivity contribution in [2.45, 2.75) is 13.2 Å². The van der Waals surface area contributed by atoms with Crippen LogP contribution in [0.5, 0.6) is 5.75 Å². The van der Waals surface area contributed by atoms with Crippen LogP contribution in [0.1, 0.15) is 11.1 Å². The van der Waals surface area contributed by atoms with Gasteiger partial charge in [-0.3, -0.25) is 0 Å². The molecule has 0 aliphatic heterocycles. The maximum Gasteiger partial charge on any atom is 0.124 e. The first-order valence-electron chi connectivity index (χ1n) is 5.45. The molecule has 0 unspecified atom stereocenters. The van der Waals surface area contributed by atoms with Crippen molar-refractivity contribution in [2.75, 3.05) is 0 Å². The fourth-order valence-electron chi connectivity index (χ4n) is 1.58. The van der Waals surface area contributed by atoms with Crippen LogP contribution in [0.25, 0.3) is 0 Å². The summed E-state index contributed by atoms with van der Waals surface area (Å²) in [7, 11) is 0. The number of halogens is 1. The van der Waals surface area contributed by atoms with Crippen molar-refractivity contribution in [1.29, 1.82) is 0 Å². The Kier molecular flexibility index (Phi) is 4.02. The van der Waals surface area contributed by atoms with E-state index in [-0.39, 0.29) is 0 Å². The summed E-state index contributed by atoms with van der Waals surface area (Å²) in [5, 5.41) is 0.720. The molecule has 2 aromatic rings. The minimum atomic E-state index is 0.455. The van der Waals surface area contributed by atoms with Crippen molar-refractivity contribution < 1.29 is 4.74 Å². The minimum absolute atomic E-state index is 0.455. The summed E-state index contributed by atoms with van der Waals surface area (Å²) < 4.78 is 5.73. The van der Waals surface area contributed by atoms with E-state index in [1.807, 2.05) is 48.5 Å². The maximum atomic E-state index is 6.06. The lowest BCUT2D eigenvalue weighted by Gasteiger charge is -2.10. The molecule has 0 aliphatic rings. The summed E-state index contributed by atoms with van der Waals surface area (Å²) in [5.74, 6) is 0.815. The maximum absolute atomic E-state index is 6.06. The molecule has 0 saturated heterocycles. The summed E-state index contributed by atoms with van der Waals surface area (Å²) in [4.78, 5) is 0. The van der Waals surface area contributed by atoms with Crippen LogP contribution in [0, 0.1) is 0 Å². The molecule has 3 heteroatoms. The number of para-hydroxylation sites is 1. The molecule has 0 atom stereocenters. The van der Waals surface area contributed by atoms with Gasteiger partial charge in [-0.1, -0.05) is 48.0 Å². The lowest BCUT2D eigenvalue weighted by Crippen LogP contribution is -2.02. The van der Waals surface area contributed by atoms with E-state index in [1.165, 1.54) is 0 Å². The Hall–Kier alpha value is -1.51. The van der Waals surface area contributed by atoms with E-state index in [2.05, 4.69) is 0 Å². The Morgan fingerprint density at radius 2 is 1.59 bits per heavy atom. The second-order valence-corrected chi connectivity index (χ2v) is 4.10. The van der Waals surface area contributed by atoms with Crippen molar-refractivity contribution in [3.05, 3.63) is 64.7 Å². The monoisotopic (exact) mass is 247 g/mol. The molecule has 0 spiro atoms. The van der Waals surface area contributed by atoms with Gasteiger partial charge in [0.15, 0.2) is 0 Å². The highest BCUT2D eigenvalue weighted by atomic mass is 35.5. The molecular formula is C14H14ClNO. The predicted octanol–water partition coefficient (Wildman–Crippen LogP) is 3.38. The largest absolute Gasteiger partial charge is 0.489 e. The first-order valence-corrected chi connectivity index (χ1v) is 5.83. The van der Waals surface area contributed by atoms with Gasteiger partial charge in [0.2, 0.25) is 0 Å². The number of hydrogen-bond donors (Lipinski definition) is 1. The number of benzene rings is 2. The fourth-order valence-corrected chi connectivity index (χ4v) is 1.77. The Balaban J connectivity index is 2.10. The summed E-state index contributed by atoms with van der Waals surface area (Å²) in [6.45, 7) is 0.926. The molecule has 2 N–H and O–H groups in total. The van der Waals surface area contributed by atoms with Gasteiger partial charge >= 0.3 is 0 Å². The van der Waals surface area contributed by atoms with Crippen LogP contribution in [0.3, 0.4) is 0 Å². The summed E-state index contributed by atoms with van der Waals surface area (Å²) in [5.41, 5.74) is 7.62. The van der Waals surface area contributed by atoms with E-state index in [4.69, 9.17) is 22.1 Å². The Bertz CT molecular complexity index is 499. The van der Waals surface area contributed by atoms with Crippen molar-refractivity contribution in [3.8, 4) is 5.75 Å². The molecule has 0 radical (unpaired) electrons. The van der Waals surface area contributed by atoms with E-state index >= 15 is 0 Å². The molecule has 2 aromatic carbocycles. The lowest BCUT2D eigenvalue weighted by molar-refractivity contribution is 0.303. The van der Waals surface area contributed by atoms with E-state index in [0.717, 1.165) is 21.9 Å². The van der Waals surface area contributed by atoms with Crippen LogP contribution >= 0.6 is 11.6 Å². The van der Waals surface area contributed by atoms with Gasteiger partial charge < -0.3 is 10.5 Å².